The van der Waals surface area contributed by atoms with Crippen LogP contribution in [-0.4, -0.2) is 22.5 Å². The van der Waals surface area contributed by atoms with Crippen LogP contribution < -0.4 is 5.32 Å². The Morgan fingerprint density at radius 2 is 1.81 bits per heavy atom. The van der Waals surface area contributed by atoms with Crippen LogP contribution in [0.15, 0.2) is 89.5 Å². The SMILES string of the molecule is O=C(Nc1cccc2ccccc12)c1ccc([C@H]2SCC(=O)N2Cc2ccco2)cc1. The van der Waals surface area contributed by atoms with Gasteiger partial charge in [-0.3, -0.25) is 9.59 Å². The second-order valence-electron chi connectivity index (χ2n) is 7.37. The highest BCUT2D eigenvalue weighted by molar-refractivity contribution is 8.00. The third-order valence-corrected chi connectivity index (χ3v) is 6.63. The Morgan fingerprint density at radius 3 is 2.61 bits per heavy atom. The van der Waals surface area contributed by atoms with Crippen molar-refractivity contribution in [3.8, 4) is 0 Å². The fourth-order valence-corrected chi connectivity index (χ4v) is 4.99. The molecule has 6 heteroatoms. The lowest BCUT2D eigenvalue weighted by molar-refractivity contribution is -0.128. The Morgan fingerprint density at radius 1 is 1.00 bits per heavy atom. The van der Waals surface area contributed by atoms with Gasteiger partial charge in [0, 0.05) is 16.6 Å². The summed E-state index contributed by atoms with van der Waals surface area (Å²) in [5, 5.41) is 5.01. The lowest BCUT2D eigenvalue weighted by Gasteiger charge is -2.23. The smallest absolute Gasteiger partial charge is 0.255 e. The van der Waals surface area contributed by atoms with Crippen molar-refractivity contribution < 1.29 is 14.0 Å². The normalized spacial score (nSPS) is 16.1. The van der Waals surface area contributed by atoms with Gasteiger partial charge in [-0.2, -0.15) is 0 Å². The van der Waals surface area contributed by atoms with Crippen LogP contribution in [0.3, 0.4) is 0 Å². The van der Waals surface area contributed by atoms with E-state index in [1.807, 2.05) is 83.8 Å². The molecule has 0 aliphatic carbocycles. The summed E-state index contributed by atoms with van der Waals surface area (Å²) in [5.74, 6) is 1.12. The van der Waals surface area contributed by atoms with Gasteiger partial charge in [0.15, 0.2) is 0 Å². The maximum absolute atomic E-state index is 12.8. The molecule has 0 saturated carbocycles. The molecule has 1 aliphatic rings. The predicted octanol–water partition coefficient (Wildman–Crippen LogP) is 5.46. The molecule has 1 aromatic heterocycles. The number of rotatable bonds is 5. The summed E-state index contributed by atoms with van der Waals surface area (Å²) in [6.07, 6.45) is 1.61. The Bertz CT molecular complexity index is 1230. The number of hydrogen-bond donors (Lipinski definition) is 1. The second-order valence-corrected chi connectivity index (χ2v) is 8.44. The molecule has 5 rings (SSSR count). The molecule has 0 spiro atoms. The van der Waals surface area contributed by atoms with Gasteiger partial charge >= 0.3 is 0 Å². The molecule has 1 atom stereocenters. The fraction of sp³-hybridized carbons (Fsp3) is 0.120. The van der Waals surface area contributed by atoms with Crippen molar-refractivity contribution in [2.75, 3.05) is 11.1 Å². The number of carbonyl (C=O) groups is 2. The van der Waals surface area contributed by atoms with E-state index in [-0.39, 0.29) is 17.2 Å². The third kappa shape index (κ3) is 3.94. The topological polar surface area (TPSA) is 62.6 Å². The molecular formula is C25H20N2O3S. The number of hydrogen-bond acceptors (Lipinski definition) is 4. The van der Waals surface area contributed by atoms with E-state index in [9.17, 15) is 9.59 Å². The molecule has 0 radical (unpaired) electrons. The van der Waals surface area contributed by atoms with Crippen molar-refractivity contribution in [3.05, 3.63) is 102 Å². The van der Waals surface area contributed by atoms with Crippen molar-refractivity contribution in [1.82, 2.24) is 4.90 Å². The minimum Gasteiger partial charge on any atom is -0.467 e. The van der Waals surface area contributed by atoms with Gasteiger partial charge in [0.25, 0.3) is 5.91 Å². The number of fused-ring (bicyclic) bond motifs is 1. The molecule has 154 valence electrons. The van der Waals surface area contributed by atoms with Gasteiger partial charge in [-0.15, -0.1) is 11.8 Å². The Hall–Kier alpha value is -3.51. The number of carbonyl (C=O) groups excluding carboxylic acids is 2. The summed E-state index contributed by atoms with van der Waals surface area (Å²) in [6.45, 7) is 0.437. The molecule has 2 amide bonds. The Balaban J connectivity index is 1.33. The van der Waals surface area contributed by atoms with Gasteiger partial charge in [-0.05, 0) is 41.3 Å². The lowest BCUT2D eigenvalue weighted by atomic mass is 10.1. The molecule has 5 nitrogen and oxygen atoms in total. The molecule has 31 heavy (non-hydrogen) atoms. The highest BCUT2D eigenvalue weighted by atomic mass is 32.2. The van der Waals surface area contributed by atoms with Crippen LogP contribution in [0.25, 0.3) is 10.8 Å². The minimum absolute atomic E-state index is 0.0872. The van der Waals surface area contributed by atoms with Gasteiger partial charge in [0.2, 0.25) is 5.91 Å². The first kappa shape index (κ1) is 19.5. The first-order valence-electron chi connectivity index (χ1n) is 10.0. The van der Waals surface area contributed by atoms with Crippen molar-refractivity contribution in [2.24, 2.45) is 0 Å². The maximum Gasteiger partial charge on any atom is 0.255 e. The molecule has 1 fully saturated rings. The van der Waals surface area contributed by atoms with Crippen molar-refractivity contribution in [3.63, 3.8) is 0 Å². The molecule has 0 bridgehead atoms. The first-order valence-corrected chi connectivity index (χ1v) is 11.1. The van der Waals surface area contributed by atoms with Crippen LogP contribution in [0.4, 0.5) is 5.69 Å². The number of anilines is 1. The van der Waals surface area contributed by atoms with Crippen molar-refractivity contribution in [2.45, 2.75) is 11.9 Å². The molecule has 1 aliphatic heterocycles. The van der Waals surface area contributed by atoms with Crippen LogP contribution in [0, 0.1) is 0 Å². The van der Waals surface area contributed by atoms with E-state index >= 15 is 0 Å². The van der Waals surface area contributed by atoms with Gasteiger partial charge in [-0.25, -0.2) is 0 Å². The third-order valence-electron chi connectivity index (χ3n) is 5.37. The zero-order chi connectivity index (χ0) is 21.2. The second kappa shape index (κ2) is 8.32. The van der Waals surface area contributed by atoms with Crippen LogP contribution in [-0.2, 0) is 11.3 Å². The van der Waals surface area contributed by atoms with Crippen LogP contribution in [0.2, 0.25) is 0 Å². The fourth-order valence-electron chi connectivity index (χ4n) is 3.80. The number of furan rings is 1. The average Bonchev–Trinajstić information content (AvgIpc) is 3.45. The molecule has 3 aromatic carbocycles. The summed E-state index contributed by atoms with van der Waals surface area (Å²) in [4.78, 5) is 27.0. The lowest BCUT2D eigenvalue weighted by Crippen LogP contribution is -2.27. The molecule has 2 heterocycles. The summed E-state index contributed by atoms with van der Waals surface area (Å²) in [6, 6.07) is 25.0. The summed E-state index contributed by atoms with van der Waals surface area (Å²) in [7, 11) is 0. The quantitative estimate of drug-likeness (QED) is 0.459. The van der Waals surface area contributed by atoms with Crippen LogP contribution in [0.1, 0.15) is 27.1 Å². The zero-order valence-corrected chi connectivity index (χ0v) is 17.5. The first-order chi connectivity index (χ1) is 15.2. The number of nitrogens with zero attached hydrogens (tertiary/aromatic N) is 1. The monoisotopic (exact) mass is 428 g/mol. The standard InChI is InChI=1S/C25H20N2O3S/c28-23-16-31-25(27(23)15-20-7-4-14-30-20)19-12-10-18(11-13-19)24(29)26-22-9-3-6-17-5-1-2-8-21(17)22/h1-14,25H,15-16H2,(H,26,29)/t25-/m1/s1. The van der Waals surface area contributed by atoms with E-state index in [0.29, 0.717) is 17.9 Å². The summed E-state index contributed by atoms with van der Waals surface area (Å²) in [5.41, 5.74) is 2.35. The van der Waals surface area contributed by atoms with Gasteiger partial charge < -0.3 is 14.6 Å². The molecular weight excluding hydrogens is 408 g/mol. The average molecular weight is 429 g/mol. The number of thioether (sulfide) groups is 1. The van der Waals surface area contributed by atoms with E-state index in [1.165, 1.54) is 0 Å². The molecule has 0 unspecified atom stereocenters. The summed E-state index contributed by atoms with van der Waals surface area (Å²) < 4.78 is 5.41. The Kier molecular flexibility index (Phi) is 5.22. The molecule has 1 saturated heterocycles. The number of benzene rings is 3. The highest BCUT2D eigenvalue weighted by Gasteiger charge is 2.33. The van der Waals surface area contributed by atoms with Crippen LogP contribution in [0.5, 0.6) is 0 Å². The van der Waals surface area contributed by atoms with Crippen molar-refractivity contribution in [1.29, 1.82) is 0 Å². The summed E-state index contributed by atoms with van der Waals surface area (Å²) >= 11 is 1.59. The number of nitrogens with one attached hydrogen (secondary N) is 1. The van der Waals surface area contributed by atoms with E-state index in [4.69, 9.17) is 4.42 Å². The minimum atomic E-state index is -0.162. The predicted molar refractivity (Wildman–Crippen MR) is 123 cm³/mol. The van der Waals surface area contributed by atoms with E-state index < -0.39 is 0 Å². The number of amides is 2. The highest BCUT2D eigenvalue weighted by Crippen LogP contribution is 2.39. The Labute approximate surface area is 184 Å². The van der Waals surface area contributed by atoms with Gasteiger partial charge in [0.05, 0.1) is 18.6 Å². The van der Waals surface area contributed by atoms with E-state index in [0.717, 1.165) is 27.8 Å². The molecule has 4 aromatic rings. The van der Waals surface area contributed by atoms with Crippen LogP contribution >= 0.6 is 11.8 Å². The maximum atomic E-state index is 12.8. The van der Waals surface area contributed by atoms with Gasteiger partial charge in [0.1, 0.15) is 11.1 Å². The zero-order valence-electron chi connectivity index (χ0n) is 16.7. The van der Waals surface area contributed by atoms with E-state index in [1.54, 1.807) is 18.0 Å². The van der Waals surface area contributed by atoms with Gasteiger partial charge in [-0.1, -0.05) is 48.5 Å². The molecule has 1 N–H and O–H groups in total. The van der Waals surface area contributed by atoms with Crippen molar-refractivity contribution >= 4 is 40.0 Å². The van der Waals surface area contributed by atoms with E-state index in [2.05, 4.69) is 5.32 Å². The largest absolute Gasteiger partial charge is 0.467 e.